The summed E-state index contributed by atoms with van der Waals surface area (Å²) >= 11 is 0. The highest BCUT2D eigenvalue weighted by atomic mass is 19.4. The molecule has 6 nitrogen and oxygen atoms in total. The Kier molecular flexibility index (Phi) is 4.88. The predicted octanol–water partition coefficient (Wildman–Crippen LogP) is 2.99. The minimum absolute atomic E-state index is 0.0482. The van der Waals surface area contributed by atoms with Gasteiger partial charge in [0, 0.05) is 38.3 Å². The van der Waals surface area contributed by atoms with Crippen molar-refractivity contribution >= 4 is 11.5 Å². The highest BCUT2D eigenvalue weighted by molar-refractivity contribution is 5.46. The molecule has 10 heteroatoms. The van der Waals surface area contributed by atoms with E-state index in [0.29, 0.717) is 37.6 Å². The molecule has 0 spiro atoms. The van der Waals surface area contributed by atoms with E-state index in [1.165, 1.54) is 12.1 Å². The van der Waals surface area contributed by atoms with Crippen molar-refractivity contribution in [2.24, 2.45) is 0 Å². The third kappa shape index (κ3) is 3.77. The van der Waals surface area contributed by atoms with E-state index < -0.39 is 12.0 Å². The molecule has 1 aliphatic rings. The van der Waals surface area contributed by atoms with Gasteiger partial charge in [0.05, 0.1) is 0 Å². The molecule has 0 unspecified atom stereocenters. The lowest BCUT2D eigenvalue weighted by Gasteiger charge is -2.23. The summed E-state index contributed by atoms with van der Waals surface area (Å²) in [6.45, 7) is 3.15. The van der Waals surface area contributed by atoms with Crippen LogP contribution in [0.1, 0.15) is 17.8 Å². The van der Waals surface area contributed by atoms with Crippen molar-refractivity contribution in [1.82, 2.24) is 24.7 Å². The van der Waals surface area contributed by atoms with Crippen LogP contribution in [0, 0.1) is 5.82 Å². The van der Waals surface area contributed by atoms with Crippen LogP contribution in [-0.4, -0.2) is 50.9 Å². The van der Waals surface area contributed by atoms with Gasteiger partial charge in [0.25, 0.3) is 5.82 Å². The fourth-order valence-corrected chi connectivity index (χ4v) is 3.35. The molecule has 0 radical (unpaired) electrons. The zero-order valence-corrected chi connectivity index (χ0v) is 14.9. The van der Waals surface area contributed by atoms with Gasteiger partial charge in [-0.15, -0.1) is 15.3 Å². The standard InChI is InChI=1S/C18H18F4N6/c19-14-5-2-1-4-13(14)12-26-8-3-9-27(11-10-26)16-7-6-15-23-24-17(18(20,21)22)28(15)25-16/h1-2,4-7H,3,8-12H2. The largest absolute Gasteiger partial charge is 0.453 e. The molecule has 1 fully saturated rings. The van der Waals surface area contributed by atoms with Gasteiger partial charge in [-0.05, 0) is 24.6 Å². The summed E-state index contributed by atoms with van der Waals surface area (Å²) in [5, 5.41) is 10.8. The first kappa shape index (κ1) is 18.6. The molecule has 4 rings (SSSR count). The minimum Gasteiger partial charge on any atom is -0.354 e. The van der Waals surface area contributed by atoms with Crippen LogP contribution in [0.15, 0.2) is 36.4 Å². The molecule has 0 saturated carbocycles. The number of aromatic nitrogens is 4. The first-order valence-electron chi connectivity index (χ1n) is 8.92. The molecule has 0 amide bonds. The van der Waals surface area contributed by atoms with E-state index in [1.807, 2.05) is 4.90 Å². The van der Waals surface area contributed by atoms with E-state index in [9.17, 15) is 17.6 Å². The van der Waals surface area contributed by atoms with E-state index in [4.69, 9.17) is 0 Å². The number of benzene rings is 1. The van der Waals surface area contributed by atoms with Crippen LogP contribution in [0.2, 0.25) is 0 Å². The summed E-state index contributed by atoms with van der Waals surface area (Å²) in [6, 6.07) is 9.79. The number of halogens is 4. The van der Waals surface area contributed by atoms with Crippen LogP contribution >= 0.6 is 0 Å². The van der Waals surface area contributed by atoms with Crippen molar-refractivity contribution in [3.63, 3.8) is 0 Å². The first-order chi connectivity index (χ1) is 13.4. The zero-order valence-electron chi connectivity index (χ0n) is 14.9. The number of fused-ring (bicyclic) bond motifs is 1. The number of rotatable bonds is 3. The SMILES string of the molecule is Fc1ccccc1CN1CCCN(c2ccc3nnc(C(F)(F)F)n3n2)CC1. The second-order valence-electron chi connectivity index (χ2n) is 6.69. The molecule has 0 aliphatic carbocycles. The summed E-state index contributed by atoms with van der Waals surface area (Å²) in [6.07, 6.45) is -3.83. The molecule has 1 aromatic carbocycles. The lowest BCUT2D eigenvalue weighted by Crippen LogP contribution is -2.31. The third-order valence-electron chi connectivity index (χ3n) is 4.77. The number of alkyl halides is 3. The van der Waals surface area contributed by atoms with Crippen LogP contribution in [-0.2, 0) is 12.7 Å². The van der Waals surface area contributed by atoms with Gasteiger partial charge in [0.2, 0.25) is 0 Å². The third-order valence-corrected chi connectivity index (χ3v) is 4.77. The van der Waals surface area contributed by atoms with Crippen molar-refractivity contribution < 1.29 is 17.6 Å². The van der Waals surface area contributed by atoms with Crippen molar-refractivity contribution in [3.05, 3.63) is 53.6 Å². The Morgan fingerprint density at radius 2 is 1.75 bits per heavy atom. The van der Waals surface area contributed by atoms with Gasteiger partial charge in [-0.3, -0.25) is 4.90 Å². The maximum Gasteiger partial charge on any atom is 0.453 e. The summed E-state index contributed by atoms with van der Waals surface area (Å²) in [4.78, 5) is 4.07. The minimum atomic E-state index is -4.62. The van der Waals surface area contributed by atoms with Crippen molar-refractivity contribution in [2.75, 3.05) is 31.1 Å². The van der Waals surface area contributed by atoms with E-state index >= 15 is 0 Å². The van der Waals surface area contributed by atoms with Crippen molar-refractivity contribution in [1.29, 1.82) is 0 Å². The molecule has 1 saturated heterocycles. The maximum atomic E-state index is 13.9. The van der Waals surface area contributed by atoms with Gasteiger partial charge in [0.15, 0.2) is 5.65 Å². The summed E-state index contributed by atoms with van der Waals surface area (Å²) in [5.74, 6) is -0.936. The van der Waals surface area contributed by atoms with E-state index in [-0.39, 0.29) is 11.5 Å². The molecular formula is C18H18F4N6. The molecule has 3 heterocycles. The summed E-state index contributed by atoms with van der Waals surface area (Å²) in [5.41, 5.74) is 0.682. The number of nitrogens with zero attached hydrogens (tertiary/aromatic N) is 6. The average molecular weight is 394 g/mol. The topological polar surface area (TPSA) is 49.6 Å². The Morgan fingerprint density at radius 3 is 2.54 bits per heavy atom. The first-order valence-corrected chi connectivity index (χ1v) is 8.92. The number of anilines is 1. The van der Waals surface area contributed by atoms with Crippen LogP contribution in [0.3, 0.4) is 0 Å². The quantitative estimate of drug-likeness (QED) is 0.640. The predicted molar refractivity (Wildman–Crippen MR) is 94.3 cm³/mol. The van der Waals surface area contributed by atoms with Gasteiger partial charge in [0.1, 0.15) is 11.6 Å². The Labute approximate surface area is 158 Å². The summed E-state index contributed by atoms with van der Waals surface area (Å²) < 4.78 is 53.8. The Hall–Kier alpha value is -2.75. The molecule has 0 atom stereocenters. The molecule has 0 N–H and O–H groups in total. The smallest absolute Gasteiger partial charge is 0.354 e. The van der Waals surface area contributed by atoms with Gasteiger partial charge < -0.3 is 4.90 Å². The Morgan fingerprint density at radius 1 is 0.929 bits per heavy atom. The lowest BCUT2D eigenvalue weighted by atomic mass is 10.2. The zero-order chi connectivity index (χ0) is 19.7. The molecule has 148 valence electrons. The monoisotopic (exact) mass is 394 g/mol. The molecule has 2 aromatic heterocycles. The van der Waals surface area contributed by atoms with E-state index in [1.54, 1.807) is 24.3 Å². The van der Waals surface area contributed by atoms with Gasteiger partial charge in [-0.1, -0.05) is 18.2 Å². The van der Waals surface area contributed by atoms with Crippen LogP contribution < -0.4 is 4.90 Å². The Balaban J connectivity index is 1.50. The van der Waals surface area contributed by atoms with Crippen molar-refractivity contribution in [3.8, 4) is 0 Å². The molecule has 3 aromatic rings. The normalized spacial score (nSPS) is 16.5. The van der Waals surface area contributed by atoms with E-state index in [2.05, 4.69) is 20.2 Å². The molecule has 28 heavy (non-hydrogen) atoms. The number of hydrogen-bond acceptors (Lipinski definition) is 5. The van der Waals surface area contributed by atoms with Gasteiger partial charge in [-0.2, -0.15) is 17.7 Å². The summed E-state index contributed by atoms with van der Waals surface area (Å²) in [7, 11) is 0. The maximum absolute atomic E-state index is 13.9. The van der Waals surface area contributed by atoms with Crippen molar-refractivity contribution in [2.45, 2.75) is 19.1 Å². The highest BCUT2D eigenvalue weighted by Gasteiger charge is 2.37. The molecular weight excluding hydrogens is 376 g/mol. The molecule has 1 aliphatic heterocycles. The lowest BCUT2D eigenvalue weighted by molar-refractivity contribution is -0.146. The van der Waals surface area contributed by atoms with Gasteiger partial charge in [-0.25, -0.2) is 4.39 Å². The van der Waals surface area contributed by atoms with Gasteiger partial charge >= 0.3 is 6.18 Å². The Bertz CT molecular complexity index is 970. The molecule has 0 bridgehead atoms. The number of hydrogen-bond donors (Lipinski definition) is 0. The second kappa shape index (κ2) is 7.34. The van der Waals surface area contributed by atoms with Crippen LogP contribution in [0.4, 0.5) is 23.4 Å². The highest BCUT2D eigenvalue weighted by Crippen LogP contribution is 2.28. The van der Waals surface area contributed by atoms with Crippen LogP contribution in [0.25, 0.3) is 5.65 Å². The van der Waals surface area contributed by atoms with Crippen LogP contribution in [0.5, 0.6) is 0 Å². The van der Waals surface area contributed by atoms with E-state index in [0.717, 1.165) is 17.5 Å². The second-order valence-corrected chi connectivity index (χ2v) is 6.69. The fourth-order valence-electron chi connectivity index (χ4n) is 3.35. The average Bonchev–Trinajstić information content (AvgIpc) is 2.96. The fraction of sp³-hybridized carbons (Fsp3) is 0.389.